The van der Waals surface area contributed by atoms with Crippen LogP contribution < -0.4 is 0 Å². The molecule has 37 heavy (non-hydrogen) atoms. The Morgan fingerprint density at radius 2 is 1.65 bits per heavy atom. The first-order chi connectivity index (χ1) is 17.8. The fraction of sp³-hybridized carbons (Fsp3) is 0.559. The molecule has 3 nitrogen and oxygen atoms in total. The number of hydrogen-bond acceptors (Lipinski definition) is 3. The third kappa shape index (κ3) is 5.66. The van der Waals surface area contributed by atoms with Gasteiger partial charge >= 0.3 is 0 Å². The second kappa shape index (κ2) is 11.1. The quantitative estimate of drug-likeness (QED) is 0.269. The maximum atomic E-state index is 13.7. The Balaban J connectivity index is 1.26. The molecule has 0 bridgehead atoms. The lowest BCUT2D eigenvalue weighted by atomic mass is 9.75. The third-order valence-electron chi connectivity index (χ3n) is 9.44. The van der Waals surface area contributed by atoms with E-state index in [4.69, 9.17) is 0 Å². The van der Waals surface area contributed by atoms with Gasteiger partial charge < -0.3 is 0 Å². The molecule has 0 saturated heterocycles. The van der Waals surface area contributed by atoms with Gasteiger partial charge in [0.2, 0.25) is 11.6 Å². The molecule has 4 aliphatic rings. The number of hydrogen-bond donors (Lipinski definition) is 0. The Hall–Kier alpha value is -2.55. The van der Waals surface area contributed by atoms with Crippen molar-refractivity contribution in [2.24, 2.45) is 23.7 Å². The predicted octanol–water partition coefficient (Wildman–Crippen LogP) is 8.12. The molecule has 2 unspecified atom stereocenters. The highest BCUT2D eigenvalue weighted by atomic mass is 16.2. The summed E-state index contributed by atoms with van der Waals surface area (Å²) in [7, 11) is 0. The van der Waals surface area contributed by atoms with Crippen molar-refractivity contribution in [1.82, 2.24) is 0 Å². The summed E-state index contributed by atoms with van der Waals surface area (Å²) in [5.74, 6) is 1.39. The molecule has 2 atom stereocenters. The van der Waals surface area contributed by atoms with Crippen molar-refractivity contribution in [3.8, 4) is 0 Å². The van der Waals surface area contributed by atoms with Crippen LogP contribution in [0.4, 0.5) is 0 Å². The maximum absolute atomic E-state index is 13.7. The molecule has 4 aliphatic carbocycles. The van der Waals surface area contributed by atoms with Crippen LogP contribution in [0.25, 0.3) is 5.57 Å². The molecule has 1 aromatic carbocycles. The zero-order valence-corrected chi connectivity index (χ0v) is 22.9. The largest absolute Gasteiger partial charge is 0.294 e. The molecule has 0 radical (unpaired) electrons. The number of Topliss-reactive ketones (excluding diaryl/α,β-unsaturated/α-hetero) is 3. The highest BCUT2D eigenvalue weighted by Crippen LogP contribution is 2.41. The van der Waals surface area contributed by atoms with Gasteiger partial charge in [-0.25, -0.2) is 0 Å². The molecule has 1 aromatic rings. The van der Waals surface area contributed by atoms with E-state index in [1.54, 1.807) is 0 Å². The lowest BCUT2D eigenvalue weighted by Crippen LogP contribution is -2.23. The van der Waals surface area contributed by atoms with Crippen molar-refractivity contribution in [1.29, 1.82) is 0 Å². The zero-order chi connectivity index (χ0) is 26.1. The number of rotatable bonds is 8. The van der Waals surface area contributed by atoms with Gasteiger partial charge in [0.05, 0.1) is 0 Å². The number of allylic oxidation sites excluding steroid dienone is 6. The summed E-state index contributed by atoms with van der Waals surface area (Å²) in [6.07, 6.45) is 20.1. The van der Waals surface area contributed by atoms with Crippen molar-refractivity contribution in [2.45, 2.75) is 97.3 Å². The molecule has 3 heteroatoms. The van der Waals surface area contributed by atoms with Crippen molar-refractivity contribution in [2.75, 3.05) is 0 Å². The molecule has 0 N–H and O–H groups in total. The van der Waals surface area contributed by atoms with Gasteiger partial charge in [0.15, 0.2) is 5.78 Å². The molecule has 2 fully saturated rings. The first-order valence-corrected chi connectivity index (χ1v) is 14.7. The molecular weight excluding hydrogens is 456 g/mol. The molecule has 0 aliphatic heterocycles. The van der Waals surface area contributed by atoms with E-state index in [9.17, 15) is 14.4 Å². The van der Waals surface area contributed by atoms with Crippen LogP contribution >= 0.6 is 0 Å². The van der Waals surface area contributed by atoms with E-state index in [0.29, 0.717) is 29.7 Å². The fourth-order valence-corrected chi connectivity index (χ4v) is 7.06. The highest BCUT2D eigenvalue weighted by Gasteiger charge is 2.33. The van der Waals surface area contributed by atoms with Crippen LogP contribution in [0.5, 0.6) is 0 Å². The summed E-state index contributed by atoms with van der Waals surface area (Å²) in [5, 5.41) is 0. The molecule has 0 spiro atoms. The van der Waals surface area contributed by atoms with Gasteiger partial charge in [0, 0.05) is 29.4 Å². The Morgan fingerprint density at radius 1 is 0.919 bits per heavy atom. The Kier molecular flexibility index (Phi) is 7.79. The van der Waals surface area contributed by atoms with E-state index in [0.717, 1.165) is 86.5 Å². The number of carbonyl (C=O) groups excluding carboxylic acids is 3. The summed E-state index contributed by atoms with van der Waals surface area (Å²) in [6.45, 7) is 6.34. The van der Waals surface area contributed by atoms with Gasteiger partial charge in [-0.15, -0.1) is 0 Å². The van der Waals surface area contributed by atoms with E-state index in [1.165, 1.54) is 5.57 Å². The molecule has 0 heterocycles. The maximum Gasteiger partial charge on any atom is 0.228 e. The number of carbonyl (C=O) groups is 3. The summed E-state index contributed by atoms with van der Waals surface area (Å²) >= 11 is 0. The smallest absolute Gasteiger partial charge is 0.228 e. The van der Waals surface area contributed by atoms with Crippen LogP contribution in [0.15, 0.2) is 42.0 Å². The second-order valence-electron chi connectivity index (χ2n) is 12.4. The minimum atomic E-state index is -0.360. The van der Waals surface area contributed by atoms with Gasteiger partial charge in [0.25, 0.3) is 0 Å². The Labute approximate surface area is 222 Å². The lowest BCUT2D eigenvalue weighted by molar-refractivity contribution is -0.133. The molecule has 0 aromatic heterocycles. The number of ketones is 3. The molecular formula is C34H42O3. The lowest BCUT2D eigenvalue weighted by Gasteiger charge is -2.29. The van der Waals surface area contributed by atoms with Gasteiger partial charge in [0.1, 0.15) is 0 Å². The Bertz CT molecular complexity index is 1170. The van der Waals surface area contributed by atoms with Crippen LogP contribution in [0.1, 0.15) is 117 Å². The number of fused-ring (bicyclic) bond motifs is 1. The first-order valence-electron chi connectivity index (χ1n) is 14.7. The van der Waals surface area contributed by atoms with Crippen LogP contribution in [-0.2, 0) is 9.59 Å². The average Bonchev–Trinajstić information content (AvgIpc) is 3.52. The van der Waals surface area contributed by atoms with Gasteiger partial charge in [-0.3, -0.25) is 14.4 Å². The highest BCUT2D eigenvalue weighted by molar-refractivity contribution is 6.54. The molecule has 0 amide bonds. The summed E-state index contributed by atoms with van der Waals surface area (Å²) in [6, 6.07) is 4.02. The van der Waals surface area contributed by atoms with Crippen molar-refractivity contribution < 1.29 is 14.4 Å². The van der Waals surface area contributed by atoms with Crippen LogP contribution in [-0.4, -0.2) is 17.3 Å². The number of benzene rings is 1. The SMILES string of the molecule is Cc1cc2c(cc1C(=O)C1CCC(CC3=CCC(C)C=C3)CC1)C(C(=O)C(=O)CC1CCCC1)=CC2C. The van der Waals surface area contributed by atoms with Gasteiger partial charge in [-0.2, -0.15) is 0 Å². The summed E-state index contributed by atoms with van der Waals surface area (Å²) in [4.78, 5) is 39.8. The van der Waals surface area contributed by atoms with Crippen molar-refractivity contribution >= 4 is 22.9 Å². The van der Waals surface area contributed by atoms with Gasteiger partial charge in [-0.05, 0) is 86.0 Å². The van der Waals surface area contributed by atoms with E-state index >= 15 is 0 Å². The van der Waals surface area contributed by atoms with Crippen LogP contribution in [0.2, 0.25) is 0 Å². The summed E-state index contributed by atoms with van der Waals surface area (Å²) < 4.78 is 0. The third-order valence-corrected chi connectivity index (χ3v) is 9.44. The average molecular weight is 499 g/mol. The van der Waals surface area contributed by atoms with Crippen LogP contribution in [0.3, 0.4) is 0 Å². The Morgan fingerprint density at radius 3 is 2.32 bits per heavy atom. The molecule has 5 rings (SSSR count). The first kappa shape index (κ1) is 26.1. The molecule has 196 valence electrons. The van der Waals surface area contributed by atoms with Gasteiger partial charge in [-0.1, -0.05) is 75.5 Å². The van der Waals surface area contributed by atoms with E-state index in [1.807, 2.05) is 19.1 Å². The summed E-state index contributed by atoms with van der Waals surface area (Å²) in [5.41, 5.74) is 5.59. The van der Waals surface area contributed by atoms with E-state index < -0.39 is 0 Å². The topological polar surface area (TPSA) is 51.2 Å². The second-order valence-corrected chi connectivity index (χ2v) is 12.4. The zero-order valence-electron chi connectivity index (χ0n) is 22.9. The van der Waals surface area contributed by atoms with E-state index in [2.05, 4.69) is 38.1 Å². The predicted molar refractivity (Wildman–Crippen MR) is 150 cm³/mol. The minimum Gasteiger partial charge on any atom is -0.294 e. The van der Waals surface area contributed by atoms with Crippen molar-refractivity contribution in [3.05, 3.63) is 64.3 Å². The minimum absolute atomic E-state index is 0.0508. The van der Waals surface area contributed by atoms with Crippen molar-refractivity contribution in [3.63, 3.8) is 0 Å². The van der Waals surface area contributed by atoms with Crippen LogP contribution in [0, 0.1) is 30.6 Å². The monoisotopic (exact) mass is 498 g/mol. The van der Waals surface area contributed by atoms with E-state index in [-0.39, 0.29) is 29.2 Å². The number of aryl methyl sites for hydroxylation is 1. The fourth-order valence-electron chi connectivity index (χ4n) is 7.06. The normalized spacial score (nSPS) is 27.5. The molecule has 2 saturated carbocycles. The standard InChI is InChI=1S/C34H42O3/c1-21-8-10-25(11-9-21)18-26-12-14-27(15-13-26)33(36)29-20-30-28(16-23(29)3)22(2)17-31(30)34(37)32(35)19-24-6-4-5-7-24/h8,10-11,16-17,20-22,24,26-27H,4-7,9,12-15,18-19H2,1-3H3.